The van der Waals surface area contributed by atoms with Crippen LogP contribution < -0.4 is 9.64 Å². The van der Waals surface area contributed by atoms with Gasteiger partial charge in [-0.25, -0.2) is 4.79 Å². The minimum Gasteiger partial charge on any atom is -0.462 e. The van der Waals surface area contributed by atoms with Gasteiger partial charge in [-0.2, -0.15) is 0 Å². The zero-order valence-electron chi connectivity index (χ0n) is 20.9. The van der Waals surface area contributed by atoms with Crippen molar-refractivity contribution in [1.29, 1.82) is 0 Å². The first-order valence-corrected chi connectivity index (χ1v) is 12.1. The number of benzene rings is 2. The van der Waals surface area contributed by atoms with E-state index in [1.54, 1.807) is 0 Å². The highest BCUT2D eigenvalue weighted by molar-refractivity contribution is 6.29. The van der Waals surface area contributed by atoms with Crippen LogP contribution in [0.4, 0.5) is 5.69 Å². The summed E-state index contributed by atoms with van der Waals surface area (Å²) in [5.74, 6) is 2.20. The van der Waals surface area contributed by atoms with E-state index in [4.69, 9.17) is 14.3 Å². The molecular formula is C30H28N2O4. The lowest BCUT2D eigenvalue weighted by molar-refractivity contribution is -0.136. The molecule has 5 rings (SSSR count). The van der Waals surface area contributed by atoms with Gasteiger partial charge in [0.15, 0.2) is 0 Å². The Kier molecular flexibility index (Phi) is 6.34. The summed E-state index contributed by atoms with van der Waals surface area (Å²) >= 11 is 0. The molecule has 182 valence electrons. The van der Waals surface area contributed by atoms with Crippen LogP contribution in [0, 0.1) is 0 Å². The molecule has 3 heterocycles. The topological polar surface area (TPSA) is 60.4 Å². The Labute approximate surface area is 211 Å². The molecule has 0 saturated heterocycles. The number of carbonyl (C=O) groups excluding carboxylic acids is 1. The van der Waals surface area contributed by atoms with Gasteiger partial charge in [0.05, 0.1) is 5.57 Å². The number of ether oxygens (including phenoxy) is 2. The number of rotatable bonds is 5. The molecule has 0 aliphatic carbocycles. The Morgan fingerprint density at radius 1 is 0.944 bits per heavy atom. The van der Waals surface area contributed by atoms with Gasteiger partial charge in [0.1, 0.15) is 28.7 Å². The molecule has 0 spiro atoms. The molecule has 3 aliphatic rings. The van der Waals surface area contributed by atoms with Crippen molar-refractivity contribution < 1.29 is 19.1 Å². The summed E-state index contributed by atoms with van der Waals surface area (Å²) in [6.07, 6.45) is 7.46. The number of carbonyl (C=O) groups is 1. The smallest absolute Gasteiger partial charge is 0.368 e. The van der Waals surface area contributed by atoms with Gasteiger partial charge in [0.25, 0.3) is 0 Å². The highest BCUT2D eigenvalue weighted by atomic mass is 16.7. The van der Waals surface area contributed by atoms with Gasteiger partial charge >= 0.3 is 5.97 Å². The van der Waals surface area contributed by atoms with Crippen LogP contribution in [0.5, 0.6) is 5.75 Å². The van der Waals surface area contributed by atoms with Gasteiger partial charge in [0.2, 0.25) is 0 Å². The zero-order chi connectivity index (χ0) is 25.2. The fraction of sp³-hybridized carbons (Fsp3) is 0.200. The minimum absolute atomic E-state index is 0.408. The Balaban J connectivity index is 1.50. The van der Waals surface area contributed by atoms with Crippen LogP contribution in [0.2, 0.25) is 0 Å². The maximum absolute atomic E-state index is 12.6. The number of anilines is 1. The lowest BCUT2D eigenvalue weighted by Gasteiger charge is -2.25. The van der Waals surface area contributed by atoms with Crippen molar-refractivity contribution in [1.82, 2.24) is 0 Å². The SMILES string of the molecule is CCN(CC)c1ccc2c(c1)OC(=CC1=CC(=C3C(=O)ON=C3c3ccccc3)C=C(C)O1)C=C2C. The van der Waals surface area contributed by atoms with E-state index in [0.717, 1.165) is 41.2 Å². The zero-order valence-corrected chi connectivity index (χ0v) is 20.9. The number of nitrogens with zero attached hydrogens (tertiary/aromatic N) is 2. The molecule has 6 heteroatoms. The Morgan fingerprint density at radius 2 is 1.72 bits per heavy atom. The molecule has 0 unspecified atom stereocenters. The molecule has 6 nitrogen and oxygen atoms in total. The molecule has 0 aromatic heterocycles. The van der Waals surface area contributed by atoms with E-state index in [-0.39, 0.29) is 0 Å². The van der Waals surface area contributed by atoms with Crippen molar-refractivity contribution in [2.45, 2.75) is 27.7 Å². The van der Waals surface area contributed by atoms with Crippen molar-refractivity contribution in [3.63, 3.8) is 0 Å². The van der Waals surface area contributed by atoms with Gasteiger partial charge in [-0.15, -0.1) is 0 Å². The van der Waals surface area contributed by atoms with Crippen molar-refractivity contribution in [3.05, 3.63) is 112 Å². The first-order chi connectivity index (χ1) is 17.5. The van der Waals surface area contributed by atoms with Crippen LogP contribution in [-0.2, 0) is 14.4 Å². The number of hydrogen-bond acceptors (Lipinski definition) is 6. The van der Waals surface area contributed by atoms with E-state index in [2.05, 4.69) is 49.0 Å². The third-order valence-electron chi connectivity index (χ3n) is 6.32. The van der Waals surface area contributed by atoms with E-state index < -0.39 is 5.97 Å². The Bertz CT molecular complexity index is 1400. The quantitative estimate of drug-likeness (QED) is 0.372. The highest BCUT2D eigenvalue weighted by Crippen LogP contribution is 2.37. The molecule has 0 N–H and O–H groups in total. The number of hydrogen-bond donors (Lipinski definition) is 0. The fourth-order valence-electron chi connectivity index (χ4n) is 4.56. The summed E-state index contributed by atoms with van der Waals surface area (Å²) < 4.78 is 12.3. The summed E-state index contributed by atoms with van der Waals surface area (Å²) in [5.41, 5.74) is 5.70. The Hall–Kier alpha value is -4.32. The normalized spacial score (nSPS) is 19.9. The third kappa shape index (κ3) is 4.50. The number of allylic oxidation sites excluding steroid dienone is 7. The number of oxime groups is 1. The monoisotopic (exact) mass is 480 g/mol. The molecule has 0 radical (unpaired) electrons. The van der Waals surface area contributed by atoms with E-state index in [9.17, 15) is 4.79 Å². The van der Waals surface area contributed by atoms with Crippen LogP contribution in [0.25, 0.3) is 5.57 Å². The Morgan fingerprint density at radius 3 is 2.47 bits per heavy atom. The largest absolute Gasteiger partial charge is 0.462 e. The van der Waals surface area contributed by atoms with Crippen LogP contribution in [-0.4, -0.2) is 24.8 Å². The molecule has 0 bridgehead atoms. The predicted molar refractivity (Wildman–Crippen MR) is 141 cm³/mol. The summed E-state index contributed by atoms with van der Waals surface area (Å²) in [6.45, 7) is 10.0. The van der Waals surface area contributed by atoms with E-state index in [1.807, 2.05) is 61.6 Å². The maximum Gasteiger partial charge on any atom is 0.368 e. The van der Waals surface area contributed by atoms with Crippen LogP contribution in [0.15, 0.2) is 106 Å². The molecule has 2 aromatic carbocycles. The standard InChI is InChI=1S/C30H28N2O4/c1-5-32(6-2)23-12-13-26-19(3)14-24(35-27(26)17-23)18-25-16-22(15-20(4)34-25)28-29(31-36-30(28)33)21-10-8-7-9-11-21/h7-18H,5-6H2,1-4H3. The summed E-state index contributed by atoms with van der Waals surface area (Å²) in [5, 5.41) is 4.04. The lowest BCUT2D eigenvalue weighted by Crippen LogP contribution is -2.21. The van der Waals surface area contributed by atoms with Gasteiger partial charge in [-0.1, -0.05) is 35.5 Å². The molecule has 3 aliphatic heterocycles. The first-order valence-electron chi connectivity index (χ1n) is 12.1. The summed E-state index contributed by atoms with van der Waals surface area (Å²) in [7, 11) is 0. The average Bonchev–Trinajstić information content (AvgIpc) is 3.26. The van der Waals surface area contributed by atoms with Gasteiger partial charge in [0, 0.05) is 42.0 Å². The molecular weight excluding hydrogens is 452 g/mol. The highest BCUT2D eigenvalue weighted by Gasteiger charge is 2.30. The van der Waals surface area contributed by atoms with Gasteiger partial charge in [-0.05, 0) is 69.2 Å². The second-order valence-electron chi connectivity index (χ2n) is 8.75. The molecule has 0 fully saturated rings. The van der Waals surface area contributed by atoms with Crippen molar-refractivity contribution in [2.75, 3.05) is 18.0 Å². The van der Waals surface area contributed by atoms with E-state index in [1.165, 1.54) is 0 Å². The van der Waals surface area contributed by atoms with Crippen LogP contribution in [0.1, 0.15) is 38.8 Å². The third-order valence-corrected chi connectivity index (χ3v) is 6.32. The minimum atomic E-state index is -0.486. The van der Waals surface area contributed by atoms with Gasteiger partial charge in [-0.3, -0.25) is 0 Å². The van der Waals surface area contributed by atoms with Crippen molar-refractivity contribution in [3.8, 4) is 5.75 Å². The molecule has 0 atom stereocenters. The first kappa shape index (κ1) is 23.4. The molecule has 0 amide bonds. The molecule has 2 aromatic rings. The summed E-state index contributed by atoms with van der Waals surface area (Å²) in [6, 6.07) is 15.8. The van der Waals surface area contributed by atoms with Crippen LogP contribution >= 0.6 is 0 Å². The van der Waals surface area contributed by atoms with Crippen LogP contribution in [0.3, 0.4) is 0 Å². The number of fused-ring (bicyclic) bond motifs is 1. The molecule has 0 saturated carbocycles. The lowest BCUT2D eigenvalue weighted by atomic mass is 9.96. The fourth-order valence-corrected chi connectivity index (χ4v) is 4.56. The summed E-state index contributed by atoms with van der Waals surface area (Å²) in [4.78, 5) is 20.0. The second-order valence-corrected chi connectivity index (χ2v) is 8.75. The van der Waals surface area contributed by atoms with E-state index >= 15 is 0 Å². The van der Waals surface area contributed by atoms with Crippen molar-refractivity contribution >= 4 is 22.9 Å². The predicted octanol–water partition coefficient (Wildman–Crippen LogP) is 6.29. The van der Waals surface area contributed by atoms with E-state index in [0.29, 0.717) is 34.1 Å². The van der Waals surface area contributed by atoms with Gasteiger partial charge < -0.3 is 19.2 Å². The molecule has 36 heavy (non-hydrogen) atoms. The average molecular weight is 481 g/mol. The maximum atomic E-state index is 12.6. The van der Waals surface area contributed by atoms with Crippen molar-refractivity contribution in [2.24, 2.45) is 5.16 Å². The second kappa shape index (κ2) is 9.74.